The summed E-state index contributed by atoms with van der Waals surface area (Å²) in [5.74, 6) is -0.648. The lowest BCUT2D eigenvalue weighted by Gasteiger charge is -2.36. The van der Waals surface area contributed by atoms with Crippen LogP contribution >= 0.6 is 0 Å². The summed E-state index contributed by atoms with van der Waals surface area (Å²) in [4.78, 5) is 17.2. The van der Waals surface area contributed by atoms with Crippen LogP contribution in [0.5, 0.6) is 0 Å². The van der Waals surface area contributed by atoms with E-state index in [2.05, 4.69) is 15.6 Å². The molecule has 11 heteroatoms. The van der Waals surface area contributed by atoms with Gasteiger partial charge >= 0.3 is 18.4 Å². The van der Waals surface area contributed by atoms with Crippen molar-refractivity contribution >= 4 is 11.7 Å². The number of anilines is 1. The summed E-state index contributed by atoms with van der Waals surface area (Å²) in [6, 6.07) is 18.1. The molecule has 1 aromatic heterocycles. The van der Waals surface area contributed by atoms with Crippen molar-refractivity contribution in [1.82, 2.24) is 10.3 Å². The number of pyridine rings is 1. The quantitative estimate of drug-likeness (QED) is 0.245. The van der Waals surface area contributed by atoms with E-state index in [1.54, 1.807) is 30.3 Å². The summed E-state index contributed by atoms with van der Waals surface area (Å²) in [6.45, 7) is 0. The molecule has 0 fully saturated rings. The van der Waals surface area contributed by atoms with Gasteiger partial charge in [0.2, 0.25) is 0 Å². The number of nitrogens with zero attached hydrogens (tertiary/aromatic N) is 1. The molecule has 1 atom stereocenters. The number of rotatable bonds is 6. The maximum Gasteiger partial charge on any atom is 0.417 e. The summed E-state index contributed by atoms with van der Waals surface area (Å²) in [6.07, 6.45) is -9.09. The number of nitrogens with one attached hydrogen (secondary N) is 2. The third kappa shape index (κ3) is 6.54. The summed E-state index contributed by atoms with van der Waals surface area (Å²) < 4.78 is 94.6. The van der Waals surface area contributed by atoms with Gasteiger partial charge in [0.1, 0.15) is 11.4 Å². The monoisotopic (exact) mass is 547 g/mol. The van der Waals surface area contributed by atoms with Gasteiger partial charge in [-0.25, -0.2) is 9.18 Å². The Morgan fingerprint density at radius 3 is 2.00 bits per heavy atom. The highest BCUT2D eigenvalue weighted by molar-refractivity contribution is 5.90. The Bertz CT molecular complexity index is 1440. The minimum absolute atomic E-state index is 0.0468. The van der Waals surface area contributed by atoms with Gasteiger partial charge < -0.3 is 10.6 Å². The smallest absolute Gasteiger partial charge is 0.322 e. The van der Waals surface area contributed by atoms with Gasteiger partial charge in [-0.1, -0.05) is 48.5 Å². The fraction of sp³-hybridized carbons (Fsp3) is 0.143. The van der Waals surface area contributed by atoms with Gasteiger partial charge in [0, 0.05) is 18.3 Å². The van der Waals surface area contributed by atoms with Crippen molar-refractivity contribution in [1.29, 1.82) is 0 Å². The standard InChI is InChI=1S/C28H20F7N3O/c29-22-10-5-11-23(15-22)37-25(39)38-26(16-18-6-2-1-3-7-18,19-8-4-9-20(14-19)27(30,31)32)24-13-12-21(17-36-24)28(33,34)35/h1-15,17H,16H2,(H2,37,38,39). The second-order valence-electron chi connectivity index (χ2n) is 8.67. The Labute approximate surface area is 218 Å². The van der Waals surface area contributed by atoms with Crippen molar-refractivity contribution in [2.45, 2.75) is 24.3 Å². The van der Waals surface area contributed by atoms with E-state index < -0.39 is 40.9 Å². The fourth-order valence-electron chi connectivity index (χ4n) is 4.12. The normalized spacial score (nSPS) is 13.4. The zero-order valence-electron chi connectivity index (χ0n) is 19.9. The number of carbonyl (C=O) groups is 1. The molecule has 0 aliphatic carbocycles. The molecule has 39 heavy (non-hydrogen) atoms. The highest BCUT2D eigenvalue weighted by Crippen LogP contribution is 2.38. The summed E-state index contributed by atoms with van der Waals surface area (Å²) >= 11 is 0. The first-order valence-electron chi connectivity index (χ1n) is 11.5. The third-order valence-corrected chi connectivity index (χ3v) is 5.93. The van der Waals surface area contributed by atoms with Crippen molar-refractivity contribution in [3.8, 4) is 0 Å². The number of aromatic nitrogens is 1. The largest absolute Gasteiger partial charge is 0.417 e. The summed E-state index contributed by atoms with van der Waals surface area (Å²) in [7, 11) is 0. The Morgan fingerprint density at radius 2 is 1.38 bits per heavy atom. The molecule has 4 aromatic rings. The van der Waals surface area contributed by atoms with Crippen LogP contribution in [0, 0.1) is 5.82 Å². The van der Waals surface area contributed by atoms with E-state index in [-0.39, 0.29) is 23.4 Å². The summed E-state index contributed by atoms with van der Waals surface area (Å²) in [5.41, 5.74) is -3.61. The molecular weight excluding hydrogens is 527 g/mol. The van der Waals surface area contributed by atoms with Crippen LogP contribution in [0.3, 0.4) is 0 Å². The molecule has 1 unspecified atom stereocenters. The SMILES string of the molecule is O=C(Nc1cccc(F)c1)NC(Cc1ccccc1)(c1cccc(C(F)(F)F)c1)c1ccc(C(F)(F)F)cn1. The van der Waals surface area contributed by atoms with E-state index in [0.717, 1.165) is 42.5 Å². The highest BCUT2D eigenvalue weighted by atomic mass is 19.4. The molecule has 202 valence electrons. The zero-order valence-corrected chi connectivity index (χ0v) is 19.9. The van der Waals surface area contributed by atoms with Gasteiger partial charge in [-0.05, 0) is 53.6 Å². The van der Waals surface area contributed by atoms with Gasteiger partial charge in [-0.15, -0.1) is 0 Å². The molecule has 2 amide bonds. The second-order valence-corrected chi connectivity index (χ2v) is 8.67. The Kier molecular flexibility index (Phi) is 7.62. The number of benzene rings is 3. The molecule has 4 rings (SSSR count). The van der Waals surface area contributed by atoms with E-state index >= 15 is 0 Å². The molecule has 0 spiro atoms. The van der Waals surface area contributed by atoms with Crippen molar-refractivity contribution in [2.75, 3.05) is 5.32 Å². The van der Waals surface area contributed by atoms with Crippen molar-refractivity contribution in [2.24, 2.45) is 0 Å². The number of halogens is 7. The number of hydrogen-bond donors (Lipinski definition) is 2. The van der Waals surface area contributed by atoms with Crippen LogP contribution < -0.4 is 10.6 Å². The lowest BCUT2D eigenvalue weighted by atomic mass is 9.79. The Morgan fingerprint density at radius 1 is 0.718 bits per heavy atom. The van der Waals surface area contributed by atoms with Gasteiger partial charge in [-0.3, -0.25) is 4.98 Å². The van der Waals surface area contributed by atoms with E-state index in [1.165, 1.54) is 18.2 Å². The van der Waals surface area contributed by atoms with Crippen LogP contribution in [-0.2, 0) is 24.3 Å². The fourth-order valence-corrected chi connectivity index (χ4v) is 4.12. The zero-order chi connectivity index (χ0) is 28.3. The number of amides is 2. The summed E-state index contributed by atoms with van der Waals surface area (Å²) in [5, 5.41) is 5.06. The van der Waals surface area contributed by atoms with Gasteiger partial charge in [0.05, 0.1) is 16.8 Å². The molecule has 1 heterocycles. The van der Waals surface area contributed by atoms with E-state index in [0.29, 0.717) is 11.8 Å². The van der Waals surface area contributed by atoms with Gasteiger partial charge in [0.25, 0.3) is 0 Å². The lowest BCUT2D eigenvalue weighted by molar-refractivity contribution is -0.138. The average molecular weight is 547 g/mol. The van der Waals surface area contributed by atoms with Crippen LogP contribution in [0.15, 0.2) is 97.2 Å². The minimum Gasteiger partial charge on any atom is -0.322 e. The lowest BCUT2D eigenvalue weighted by Crippen LogP contribution is -2.50. The van der Waals surface area contributed by atoms with Crippen LogP contribution in [-0.4, -0.2) is 11.0 Å². The second kappa shape index (κ2) is 10.8. The van der Waals surface area contributed by atoms with Crippen molar-refractivity contribution in [3.63, 3.8) is 0 Å². The van der Waals surface area contributed by atoms with Gasteiger partial charge in [-0.2, -0.15) is 26.3 Å². The molecule has 0 aliphatic rings. The topological polar surface area (TPSA) is 54.0 Å². The highest BCUT2D eigenvalue weighted by Gasteiger charge is 2.41. The van der Waals surface area contributed by atoms with Crippen LogP contribution in [0.25, 0.3) is 0 Å². The minimum atomic E-state index is -4.74. The number of hydrogen-bond acceptors (Lipinski definition) is 2. The van der Waals surface area contributed by atoms with E-state index in [9.17, 15) is 35.5 Å². The van der Waals surface area contributed by atoms with E-state index in [4.69, 9.17) is 0 Å². The molecule has 4 nitrogen and oxygen atoms in total. The van der Waals surface area contributed by atoms with Crippen LogP contribution in [0.4, 0.5) is 41.2 Å². The van der Waals surface area contributed by atoms with Crippen molar-refractivity contribution < 1.29 is 35.5 Å². The first kappa shape index (κ1) is 27.6. The molecule has 2 N–H and O–H groups in total. The molecule has 0 bridgehead atoms. The maximum atomic E-state index is 13.7. The van der Waals surface area contributed by atoms with Gasteiger partial charge in [0.15, 0.2) is 0 Å². The number of urea groups is 1. The first-order chi connectivity index (χ1) is 18.4. The predicted octanol–water partition coefficient (Wildman–Crippen LogP) is 7.57. The molecular formula is C28H20F7N3O. The Balaban J connectivity index is 1.90. The number of alkyl halides is 6. The van der Waals surface area contributed by atoms with Crippen molar-refractivity contribution in [3.05, 3.63) is 131 Å². The van der Waals surface area contributed by atoms with Crippen LogP contribution in [0.2, 0.25) is 0 Å². The molecule has 0 aliphatic heterocycles. The van der Waals surface area contributed by atoms with E-state index in [1.807, 2.05) is 0 Å². The Hall–Kier alpha value is -4.41. The first-order valence-corrected chi connectivity index (χ1v) is 11.5. The van der Waals surface area contributed by atoms with Crippen LogP contribution in [0.1, 0.15) is 27.9 Å². The molecule has 3 aromatic carbocycles. The third-order valence-electron chi connectivity index (χ3n) is 5.93. The molecule has 0 saturated carbocycles. The number of carbonyl (C=O) groups excluding carboxylic acids is 1. The molecule has 0 radical (unpaired) electrons. The average Bonchev–Trinajstić information content (AvgIpc) is 2.88. The molecule has 0 saturated heterocycles. The predicted molar refractivity (Wildman–Crippen MR) is 130 cm³/mol. The maximum absolute atomic E-state index is 13.7.